The number of likely N-dealkylation sites (tertiary alicyclic amines) is 2. The standard InChI is InChI=1S/C18H27N3O2/c1-23-11-10-20-8-3-5-18(14-20)6-9-21(15-18)17(22)12-16-4-2-7-19-13-16/h2,4,7,13H,3,5-6,8-12,14-15H2,1H3. The van der Waals surface area contributed by atoms with E-state index in [0.29, 0.717) is 11.8 Å². The van der Waals surface area contributed by atoms with Crippen LogP contribution in [0, 0.1) is 5.41 Å². The number of carbonyl (C=O) groups excluding carboxylic acids is 1. The second-order valence-corrected chi connectivity index (χ2v) is 6.98. The first-order valence-electron chi connectivity index (χ1n) is 8.59. The van der Waals surface area contributed by atoms with E-state index in [1.165, 1.54) is 12.8 Å². The van der Waals surface area contributed by atoms with Gasteiger partial charge in [0.1, 0.15) is 0 Å². The highest BCUT2D eigenvalue weighted by atomic mass is 16.5. The maximum atomic E-state index is 12.6. The Kier molecular flexibility index (Phi) is 5.28. The number of hydrogen-bond acceptors (Lipinski definition) is 4. The number of piperidine rings is 1. The van der Waals surface area contributed by atoms with Gasteiger partial charge in [-0.3, -0.25) is 9.78 Å². The van der Waals surface area contributed by atoms with Crippen molar-refractivity contribution in [2.24, 2.45) is 5.41 Å². The highest BCUT2D eigenvalue weighted by molar-refractivity contribution is 5.79. The Labute approximate surface area is 138 Å². The monoisotopic (exact) mass is 317 g/mol. The van der Waals surface area contributed by atoms with Crippen LogP contribution in [0.5, 0.6) is 0 Å². The average molecular weight is 317 g/mol. The minimum atomic E-state index is 0.240. The smallest absolute Gasteiger partial charge is 0.227 e. The third-order valence-electron chi connectivity index (χ3n) is 5.22. The van der Waals surface area contributed by atoms with E-state index in [4.69, 9.17) is 4.74 Å². The Morgan fingerprint density at radius 1 is 1.35 bits per heavy atom. The first-order valence-corrected chi connectivity index (χ1v) is 8.59. The number of hydrogen-bond donors (Lipinski definition) is 0. The molecule has 0 saturated carbocycles. The zero-order chi connectivity index (χ0) is 16.1. The molecule has 5 nitrogen and oxygen atoms in total. The van der Waals surface area contributed by atoms with Crippen LogP contribution in [0.2, 0.25) is 0 Å². The van der Waals surface area contributed by atoms with Gasteiger partial charge in [-0.15, -0.1) is 0 Å². The summed E-state index contributed by atoms with van der Waals surface area (Å²) in [4.78, 5) is 21.2. The van der Waals surface area contributed by atoms with Crippen LogP contribution in [0.25, 0.3) is 0 Å². The SMILES string of the molecule is COCCN1CCCC2(CCN(C(=O)Cc3cccnc3)C2)C1. The first-order chi connectivity index (χ1) is 11.2. The molecule has 0 aromatic carbocycles. The maximum absolute atomic E-state index is 12.6. The lowest BCUT2D eigenvalue weighted by molar-refractivity contribution is -0.130. The average Bonchev–Trinajstić information content (AvgIpc) is 2.97. The molecule has 1 aromatic heterocycles. The molecule has 1 aromatic rings. The van der Waals surface area contributed by atoms with Gasteiger partial charge in [-0.1, -0.05) is 6.07 Å². The maximum Gasteiger partial charge on any atom is 0.227 e. The molecule has 0 N–H and O–H groups in total. The highest BCUT2D eigenvalue weighted by Gasteiger charge is 2.42. The van der Waals surface area contributed by atoms with Gasteiger partial charge in [0.25, 0.3) is 0 Å². The fourth-order valence-corrected chi connectivity index (χ4v) is 3.99. The summed E-state index contributed by atoms with van der Waals surface area (Å²) in [5.74, 6) is 0.240. The van der Waals surface area contributed by atoms with Crippen molar-refractivity contribution in [2.45, 2.75) is 25.7 Å². The molecule has 2 fully saturated rings. The summed E-state index contributed by atoms with van der Waals surface area (Å²) in [6.45, 7) is 5.87. The van der Waals surface area contributed by atoms with E-state index in [9.17, 15) is 4.79 Å². The molecule has 1 atom stereocenters. The summed E-state index contributed by atoms with van der Waals surface area (Å²) >= 11 is 0. The molecule has 1 spiro atoms. The molecule has 2 aliphatic rings. The van der Waals surface area contributed by atoms with Gasteiger partial charge in [-0.05, 0) is 37.4 Å². The summed E-state index contributed by atoms with van der Waals surface area (Å²) in [6, 6.07) is 3.87. The number of pyridine rings is 1. The number of rotatable bonds is 5. The second kappa shape index (κ2) is 7.41. The van der Waals surface area contributed by atoms with Gasteiger partial charge in [0, 0.05) is 51.1 Å². The van der Waals surface area contributed by atoms with Gasteiger partial charge in [-0.25, -0.2) is 0 Å². The Bertz CT molecular complexity index is 522. The van der Waals surface area contributed by atoms with Crippen LogP contribution in [-0.2, 0) is 16.0 Å². The van der Waals surface area contributed by atoms with Crippen molar-refractivity contribution in [3.63, 3.8) is 0 Å². The summed E-state index contributed by atoms with van der Waals surface area (Å²) in [6.07, 6.45) is 7.61. The van der Waals surface area contributed by atoms with Crippen molar-refractivity contribution in [1.82, 2.24) is 14.8 Å². The van der Waals surface area contributed by atoms with Crippen molar-refractivity contribution < 1.29 is 9.53 Å². The van der Waals surface area contributed by atoms with Crippen LogP contribution in [0.3, 0.4) is 0 Å². The molecule has 2 saturated heterocycles. The summed E-state index contributed by atoms with van der Waals surface area (Å²) < 4.78 is 5.21. The molecule has 1 unspecified atom stereocenters. The van der Waals surface area contributed by atoms with Gasteiger partial charge >= 0.3 is 0 Å². The molecular formula is C18H27N3O2. The fraction of sp³-hybridized carbons (Fsp3) is 0.667. The number of carbonyl (C=O) groups is 1. The molecule has 3 heterocycles. The molecule has 0 bridgehead atoms. The molecule has 0 aliphatic carbocycles. The van der Waals surface area contributed by atoms with Crippen LogP contribution >= 0.6 is 0 Å². The van der Waals surface area contributed by atoms with Crippen LogP contribution < -0.4 is 0 Å². The van der Waals surface area contributed by atoms with E-state index in [-0.39, 0.29) is 5.91 Å². The highest BCUT2D eigenvalue weighted by Crippen LogP contribution is 2.39. The largest absolute Gasteiger partial charge is 0.383 e. The lowest BCUT2D eigenvalue weighted by atomic mass is 9.79. The van der Waals surface area contributed by atoms with Gasteiger partial charge in [0.2, 0.25) is 5.91 Å². The molecule has 3 rings (SSSR count). The van der Waals surface area contributed by atoms with E-state index in [1.54, 1.807) is 19.5 Å². The van der Waals surface area contributed by atoms with Gasteiger partial charge in [0.15, 0.2) is 0 Å². The van der Waals surface area contributed by atoms with Crippen LogP contribution in [0.4, 0.5) is 0 Å². The molecule has 2 aliphatic heterocycles. The number of methoxy groups -OCH3 is 1. The first kappa shape index (κ1) is 16.4. The molecule has 126 valence electrons. The summed E-state index contributed by atoms with van der Waals surface area (Å²) in [5.41, 5.74) is 1.31. The zero-order valence-corrected chi connectivity index (χ0v) is 14.0. The summed E-state index contributed by atoms with van der Waals surface area (Å²) in [5, 5.41) is 0. The van der Waals surface area contributed by atoms with Gasteiger partial charge in [0.05, 0.1) is 13.0 Å². The normalized spacial score (nSPS) is 25.2. The van der Waals surface area contributed by atoms with Crippen molar-refractivity contribution in [3.05, 3.63) is 30.1 Å². The van der Waals surface area contributed by atoms with E-state index in [1.807, 2.05) is 12.1 Å². The lowest BCUT2D eigenvalue weighted by Crippen LogP contribution is -2.46. The lowest BCUT2D eigenvalue weighted by Gasteiger charge is -2.40. The third kappa shape index (κ3) is 4.09. The van der Waals surface area contributed by atoms with Crippen molar-refractivity contribution in [2.75, 3.05) is 46.4 Å². The Morgan fingerprint density at radius 2 is 2.26 bits per heavy atom. The summed E-state index contributed by atoms with van der Waals surface area (Å²) in [7, 11) is 1.76. The topological polar surface area (TPSA) is 45.7 Å². The van der Waals surface area contributed by atoms with E-state index >= 15 is 0 Å². The molecule has 5 heteroatoms. The molecule has 0 radical (unpaired) electrons. The Hall–Kier alpha value is -1.46. The second-order valence-electron chi connectivity index (χ2n) is 6.98. The van der Waals surface area contributed by atoms with E-state index < -0.39 is 0 Å². The number of ether oxygens (including phenoxy) is 1. The van der Waals surface area contributed by atoms with Crippen LogP contribution in [0.1, 0.15) is 24.8 Å². The van der Waals surface area contributed by atoms with Crippen molar-refractivity contribution in [3.8, 4) is 0 Å². The number of nitrogens with zero attached hydrogens (tertiary/aromatic N) is 3. The molecular weight excluding hydrogens is 290 g/mol. The van der Waals surface area contributed by atoms with Crippen molar-refractivity contribution in [1.29, 1.82) is 0 Å². The Balaban J connectivity index is 1.55. The quantitative estimate of drug-likeness (QED) is 0.827. The number of aromatic nitrogens is 1. The minimum absolute atomic E-state index is 0.240. The van der Waals surface area contributed by atoms with Crippen LogP contribution in [-0.4, -0.2) is 67.1 Å². The van der Waals surface area contributed by atoms with E-state index in [0.717, 1.165) is 51.3 Å². The molecule has 1 amide bonds. The van der Waals surface area contributed by atoms with Gasteiger partial charge in [-0.2, -0.15) is 0 Å². The fourth-order valence-electron chi connectivity index (χ4n) is 3.99. The van der Waals surface area contributed by atoms with Crippen molar-refractivity contribution >= 4 is 5.91 Å². The predicted molar refractivity (Wildman–Crippen MR) is 89.1 cm³/mol. The predicted octanol–water partition coefficient (Wildman–Crippen LogP) is 1.58. The van der Waals surface area contributed by atoms with Gasteiger partial charge < -0.3 is 14.5 Å². The Morgan fingerprint density at radius 3 is 3.04 bits per heavy atom. The van der Waals surface area contributed by atoms with E-state index in [2.05, 4.69) is 14.8 Å². The third-order valence-corrected chi connectivity index (χ3v) is 5.22. The minimum Gasteiger partial charge on any atom is -0.383 e. The van der Waals surface area contributed by atoms with Crippen LogP contribution in [0.15, 0.2) is 24.5 Å². The number of amides is 1. The molecule has 23 heavy (non-hydrogen) atoms. The zero-order valence-electron chi connectivity index (χ0n) is 14.0.